The maximum Gasteiger partial charge on any atom is 0.236 e. The van der Waals surface area contributed by atoms with Crippen molar-refractivity contribution < 1.29 is 9.53 Å². The van der Waals surface area contributed by atoms with E-state index in [0.29, 0.717) is 6.54 Å². The molecule has 1 heterocycles. The number of ether oxygens (including phenoxy) is 1. The average Bonchev–Trinajstić information content (AvgIpc) is 3.12. The van der Waals surface area contributed by atoms with E-state index in [2.05, 4.69) is 12.2 Å². The number of hydrogen-bond acceptors (Lipinski definition) is 3. The Hall–Kier alpha value is -0.610. The third kappa shape index (κ3) is 3.96. The Bertz CT molecular complexity index is 266. The summed E-state index contributed by atoms with van der Waals surface area (Å²) in [4.78, 5) is 14.0. The predicted molar refractivity (Wildman–Crippen MR) is 66.8 cm³/mol. The van der Waals surface area contributed by atoms with E-state index < -0.39 is 0 Å². The van der Waals surface area contributed by atoms with Crippen molar-refractivity contribution in [1.29, 1.82) is 0 Å². The van der Waals surface area contributed by atoms with Gasteiger partial charge in [0.25, 0.3) is 0 Å². The fraction of sp³-hybridized carbons (Fsp3) is 0.923. The minimum absolute atomic E-state index is 0.168. The molecule has 2 aliphatic rings. The number of nitrogens with zero attached hydrogens (tertiary/aromatic N) is 1. The highest BCUT2D eigenvalue weighted by molar-refractivity contribution is 5.78. The van der Waals surface area contributed by atoms with Gasteiger partial charge in [0.05, 0.1) is 18.8 Å². The van der Waals surface area contributed by atoms with Crippen LogP contribution in [0.1, 0.15) is 33.1 Å². The normalized spacial score (nSPS) is 29.4. The molecular formula is C13H24N2O2. The van der Waals surface area contributed by atoms with Crippen molar-refractivity contribution in [3.63, 3.8) is 0 Å². The maximum atomic E-state index is 12.0. The Balaban J connectivity index is 1.72. The summed E-state index contributed by atoms with van der Waals surface area (Å²) < 4.78 is 5.75. The van der Waals surface area contributed by atoms with Gasteiger partial charge in [-0.1, -0.05) is 6.92 Å². The first-order chi connectivity index (χ1) is 8.19. The Morgan fingerprint density at radius 3 is 2.82 bits per heavy atom. The van der Waals surface area contributed by atoms with Crippen LogP contribution in [-0.4, -0.2) is 49.2 Å². The summed E-state index contributed by atoms with van der Waals surface area (Å²) in [5.41, 5.74) is 0. The van der Waals surface area contributed by atoms with E-state index in [1.165, 1.54) is 12.8 Å². The Morgan fingerprint density at radius 1 is 1.41 bits per heavy atom. The second-order valence-corrected chi connectivity index (χ2v) is 5.35. The molecule has 2 fully saturated rings. The number of carbonyl (C=O) groups is 1. The van der Waals surface area contributed by atoms with Crippen molar-refractivity contribution in [3.8, 4) is 0 Å². The molecule has 4 nitrogen and oxygen atoms in total. The molecule has 1 aliphatic heterocycles. The van der Waals surface area contributed by atoms with E-state index in [1.807, 2.05) is 11.8 Å². The van der Waals surface area contributed by atoms with Crippen LogP contribution >= 0.6 is 0 Å². The van der Waals surface area contributed by atoms with Gasteiger partial charge in [-0.3, -0.25) is 4.79 Å². The quantitative estimate of drug-likeness (QED) is 0.780. The van der Waals surface area contributed by atoms with Crippen molar-refractivity contribution in [1.82, 2.24) is 10.2 Å². The minimum Gasteiger partial charge on any atom is -0.372 e. The van der Waals surface area contributed by atoms with Crippen LogP contribution in [0.15, 0.2) is 0 Å². The van der Waals surface area contributed by atoms with Gasteiger partial charge in [-0.05, 0) is 38.6 Å². The van der Waals surface area contributed by atoms with Gasteiger partial charge in [0.15, 0.2) is 0 Å². The van der Waals surface area contributed by atoms with Crippen LogP contribution in [0.5, 0.6) is 0 Å². The lowest BCUT2D eigenvalue weighted by molar-refractivity contribution is -0.143. The molecule has 0 aromatic heterocycles. The molecule has 1 amide bonds. The molecule has 1 saturated carbocycles. The smallest absolute Gasteiger partial charge is 0.236 e. The third-order valence-corrected chi connectivity index (χ3v) is 3.54. The van der Waals surface area contributed by atoms with Crippen molar-refractivity contribution >= 4 is 5.91 Å². The summed E-state index contributed by atoms with van der Waals surface area (Å²) in [7, 11) is 0. The van der Waals surface area contributed by atoms with Crippen LogP contribution in [0.3, 0.4) is 0 Å². The summed E-state index contributed by atoms with van der Waals surface area (Å²) in [6.45, 7) is 7.13. The summed E-state index contributed by atoms with van der Waals surface area (Å²) in [6.07, 6.45) is 4.01. The van der Waals surface area contributed by atoms with E-state index >= 15 is 0 Å². The molecule has 2 atom stereocenters. The lowest BCUT2D eigenvalue weighted by Gasteiger charge is -2.36. The van der Waals surface area contributed by atoms with Crippen molar-refractivity contribution in [2.75, 3.05) is 26.2 Å². The van der Waals surface area contributed by atoms with Gasteiger partial charge in [-0.25, -0.2) is 0 Å². The molecule has 4 heteroatoms. The summed E-state index contributed by atoms with van der Waals surface area (Å²) >= 11 is 0. The Labute approximate surface area is 104 Å². The zero-order valence-corrected chi connectivity index (χ0v) is 10.9. The second kappa shape index (κ2) is 5.83. The van der Waals surface area contributed by atoms with Gasteiger partial charge >= 0.3 is 0 Å². The van der Waals surface area contributed by atoms with Crippen LogP contribution in [0.2, 0.25) is 0 Å². The lowest BCUT2D eigenvalue weighted by Crippen LogP contribution is -2.51. The molecule has 1 saturated heterocycles. The molecular weight excluding hydrogens is 216 g/mol. The molecule has 0 radical (unpaired) electrons. The number of rotatable bonds is 5. The van der Waals surface area contributed by atoms with Crippen molar-refractivity contribution in [2.45, 2.75) is 45.3 Å². The third-order valence-electron chi connectivity index (χ3n) is 3.54. The van der Waals surface area contributed by atoms with Gasteiger partial charge in [-0.15, -0.1) is 0 Å². The first-order valence-electron chi connectivity index (χ1n) is 6.83. The molecule has 98 valence electrons. The molecule has 1 aliphatic carbocycles. The standard InChI is InChI=1S/C13H24N2O2/c1-3-12-9-15(8-10(2)17-12)13(16)7-14-6-11-4-5-11/h10-12,14H,3-9H2,1-2H3. The topological polar surface area (TPSA) is 41.6 Å². The fourth-order valence-corrected chi connectivity index (χ4v) is 2.29. The van der Waals surface area contributed by atoms with Gasteiger partial charge in [0.2, 0.25) is 5.91 Å². The second-order valence-electron chi connectivity index (χ2n) is 5.35. The maximum absolute atomic E-state index is 12.0. The van der Waals surface area contributed by atoms with Crippen molar-refractivity contribution in [3.05, 3.63) is 0 Å². The number of hydrogen-bond donors (Lipinski definition) is 1. The van der Waals surface area contributed by atoms with Crippen LogP contribution in [0.4, 0.5) is 0 Å². The largest absolute Gasteiger partial charge is 0.372 e. The number of carbonyl (C=O) groups excluding carboxylic acids is 1. The van der Waals surface area contributed by atoms with E-state index in [4.69, 9.17) is 4.74 Å². The molecule has 2 rings (SSSR count). The fourth-order valence-electron chi connectivity index (χ4n) is 2.29. The molecule has 0 spiro atoms. The van der Waals surface area contributed by atoms with Crippen LogP contribution < -0.4 is 5.32 Å². The summed E-state index contributed by atoms with van der Waals surface area (Å²) in [5, 5.41) is 3.26. The lowest BCUT2D eigenvalue weighted by atomic mass is 10.2. The molecule has 0 aromatic rings. The van der Waals surface area contributed by atoms with E-state index in [0.717, 1.165) is 32.0 Å². The molecule has 0 bridgehead atoms. The number of nitrogens with one attached hydrogen (secondary N) is 1. The summed E-state index contributed by atoms with van der Waals surface area (Å²) in [6, 6.07) is 0. The van der Waals surface area contributed by atoms with Gasteiger partial charge < -0.3 is 15.0 Å². The first kappa shape index (κ1) is 12.8. The Morgan fingerprint density at radius 2 is 2.18 bits per heavy atom. The molecule has 17 heavy (non-hydrogen) atoms. The average molecular weight is 240 g/mol. The minimum atomic E-state index is 0.168. The van der Waals surface area contributed by atoms with E-state index in [-0.39, 0.29) is 18.1 Å². The number of amides is 1. The zero-order chi connectivity index (χ0) is 12.3. The van der Waals surface area contributed by atoms with Crippen LogP contribution in [0, 0.1) is 5.92 Å². The van der Waals surface area contributed by atoms with Gasteiger partial charge in [0, 0.05) is 13.1 Å². The Kier molecular flexibility index (Phi) is 4.40. The summed E-state index contributed by atoms with van der Waals surface area (Å²) in [5.74, 6) is 1.05. The monoisotopic (exact) mass is 240 g/mol. The predicted octanol–water partition coefficient (Wildman–Crippen LogP) is 1.01. The van der Waals surface area contributed by atoms with E-state index in [9.17, 15) is 4.79 Å². The van der Waals surface area contributed by atoms with Gasteiger partial charge in [-0.2, -0.15) is 0 Å². The van der Waals surface area contributed by atoms with Crippen molar-refractivity contribution in [2.24, 2.45) is 5.92 Å². The molecule has 1 N–H and O–H groups in total. The molecule has 2 unspecified atom stereocenters. The van der Waals surface area contributed by atoms with Crippen LogP contribution in [-0.2, 0) is 9.53 Å². The highest BCUT2D eigenvalue weighted by Gasteiger charge is 2.27. The molecule has 0 aromatic carbocycles. The van der Waals surface area contributed by atoms with E-state index in [1.54, 1.807) is 0 Å². The number of morpholine rings is 1. The SMILES string of the molecule is CCC1CN(C(=O)CNCC2CC2)CC(C)O1. The van der Waals surface area contributed by atoms with Gasteiger partial charge in [0.1, 0.15) is 0 Å². The highest BCUT2D eigenvalue weighted by atomic mass is 16.5. The zero-order valence-electron chi connectivity index (χ0n) is 10.9. The first-order valence-corrected chi connectivity index (χ1v) is 6.83. The highest BCUT2D eigenvalue weighted by Crippen LogP contribution is 2.27. The van der Waals surface area contributed by atoms with Crippen LogP contribution in [0.25, 0.3) is 0 Å².